The third kappa shape index (κ3) is 1.96. The second-order valence-corrected chi connectivity index (χ2v) is 2.65. The maximum Gasteiger partial charge on any atom is 0.141 e. The van der Waals surface area contributed by atoms with Gasteiger partial charge in [-0.05, 0) is 19.8 Å². The van der Waals surface area contributed by atoms with Gasteiger partial charge in [-0.2, -0.15) is 5.26 Å². The highest BCUT2D eigenvalue weighted by molar-refractivity contribution is 6.01. The summed E-state index contributed by atoms with van der Waals surface area (Å²) in [4.78, 5) is 4.05. The van der Waals surface area contributed by atoms with E-state index in [2.05, 4.69) is 4.99 Å². The zero-order valence-corrected chi connectivity index (χ0v) is 7.04. The fourth-order valence-corrected chi connectivity index (χ4v) is 1.02. The van der Waals surface area contributed by atoms with Gasteiger partial charge in [-0.3, -0.25) is 0 Å². The Morgan fingerprint density at radius 2 is 2.17 bits per heavy atom. The summed E-state index contributed by atoms with van der Waals surface area (Å²) in [5.41, 5.74) is 6.94. The Balaban J connectivity index is 3.00. The molecular weight excluding hydrogens is 150 g/mol. The van der Waals surface area contributed by atoms with Gasteiger partial charge in [0.15, 0.2) is 0 Å². The van der Waals surface area contributed by atoms with E-state index in [1.807, 2.05) is 25.1 Å². The first-order valence-electron chi connectivity index (χ1n) is 3.85. The summed E-state index contributed by atoms with van der Waals surface area (Å²) in [6, 6.07) is 2.02. The molecule has 1 heterocycles. The molecule has 0 radical (unpaired) electrons. The standard InChI is InChI=1S/C9H11N3/c1-7-4-2-3-5-8(6-10)9(11)12-7/h4-5H,2-3H2,1H3,(H2,11,12)/b7-4-,8-5-. The molecule has 1 aliphatic rings. The molecule has 3 nitrogen and oxygen atoms in total. The molecule has 0 atom stereocenters. The largest absolute Gasteiger partial charge is 0.383 e. The van der Waals surface area contributed by atoms with Gasteiger partial charge in [0.1, 0.15) is 11.9 Å². The number of aliphatic imine (C=N–C) groups is 1. The summed E-state index contributed by atoms with van der Waals surface area (Å²) in [7, 11) is 0. The molecule has 62 valence electrons. The fraction of sp³-hybridized carbons (Fsp3) is 0.333. The molecule has 0 bridgehead atoms. The van der Waals surface area contributed by atoms with Crippen molar-refractivity contribution in [1.29, 1.82) is 5.26 Å². The average molecular weight is 161 g/mol. The molecule has 0 aliphatic carbocycles. The number of allylic oxidation sites excluding steroid dienone is 3. The molecule has 0 saturated carbocycles. The first-order chi connectivity index (χ1) is 5.74. The minimum Gasteiger partial charge on any atom is -0.383 e. The van der Waals surface area contributed by atoms with E-state index < -0.39 is 0 Å². The van der Waals surface area contributed by atoms with Crippen LogP contribution in [-0.2, 0) is 0 Å². The van der Waals surface area contributed by atoms with Crippen molar-refractivity contribution < 1.29 is 0 Å². The van der Waals surface area contributed by atoms with Crippen LogP contribution >= 0.6 is 0 Å². The Hall–Kier alpha value is -1.56. The van der Waals surface area contributed by atoms with E-state index in [1.54, 1.807) is 0 Å². The number of hydrogen-bond donors (Lipinski definition) is 1. The summed E-state index contributed by atoms with van der Waals surface area (Å²) in [5, 5.41) is 8.67. The molecule has 2 N–H and O–H groups in total. The lowest BCUT2D eigenvalue weighted by molar-refractivity contribution is 1.02. The summed E-state index contributed by atoms with van der Waals surface area (Å²) < 4.78 is 0. The van der Waals surface area contributed by atoms with E-state index in [0.29, 0.717) is 11.4 Å². The molecule has 3 heteroatoms. The number of nitrogens with zero attached hydrogens (tertiary/aromatic N) is 2. The number of nitriles is 1. The molecule has 0 unspecified atom stereocenters. The van der Waals surface area contributed by atoms with E-state index in [1.165, 1.54) is 0 Å². The van der Waals surface area contributed by atoms with E-state index in [4.69, 9.17) is 11.0 Å². The third-order valence-electron chi connectivity index (χ3n) is 1.65. The van der Waals surface area contributed by atoms with Gasteiger partial charge in [-0.15, -0.1) is 0 Å². The second kappa shape index (κ2) is 3.72. The monoisotopic (exact) mass is 161 g/mol. The van der Waals surface area contributed by atoms with Gasteiger partial charge >= 0.3 is 0 Å². The quantitative estimate of drug-likeness (QED) is 0.585. The van der Waals surface area contributed by atoms with Crippen molar-refractivity contribution in [2.75, 3.05) is 0 Å². The van der Waals surface area contributed by atoms with Gasteiger partial charge in [-0.25, -0.2) is 4.99 Å². The van der Waals surface area contributed by atoms with Gasteiger partial charge in [0, 0.05) is 5.70 Å². The summed E-state index contributed by atoms with van der Waals surface area (Å²) in [6.07, 6.45) is 5.61. The zero-order valence-electron chi connectivity index (χ0n) is 7.04. The highest BCUT2D eigenvalue weighted by atomic mass is 14.9. The minimum absolute atomic E-state index is 0.325. The van der Waals surface area contributed by atoms with Crippen LogP contribution in [0.4, 0.5) is 0 Å². The van der Waals surface area contributed by atoms with Crippen molar-refractivity contribution in [3.63, 3.8) is 0 Å². The van der Waals surface area contributed by atoms with Crippen LogP contribution in [0.5, 0.6) is 0 Å². The molecule has 0 aromatic rings. The first kappa shape index (κ1) is 8.54. The van der Waals surface area contributed by atoms with E-state index >= 15 is 0 Å². The summed E-state index contributed by atoms with van der Waals surface area (Å²) in [6.45, 7) is 1.88. The van der Waals surface area contributed by atoms with Crippen LogP contribution in [0, 0.1) is 11.3 Å². The molecule has 0 fully saturated rings. The number of amidine groups is 1. The van der Waals surface area contributed by atoms with Crippen LogP contribution in [-0.4, -0.2) is 5.84 Å². The van der Waals surface area contributed by atoms with E-state index in [9.17, 15) is 0 Å². The van der Waals surface area contributed by atoms with Gasteiger partial charge < -0.3 is 5.73 Å². The van der Waals surface area contributed by atoms with Crippen molar-refractivity contribution in [2.45, 2.75) is 19.8 Å². The minimum atomic E-state index is 0.325. The van der Waals surface area contributed by atoms with E-state index in [-0.39, 0.29) is 0 Å². The highest BCUT2D eigenvalue weighted by Crippen LogP contribution is 2.08. The topological polar surface area (TPSA) is 62.2 Å². The Labute approximate surface area is 71.9 Å². The third-order valence-corrected chi connectivity index (χ3v) is 1.65. The number of nitrogens with two attached hydrogens (primary N) is 1. The van der Waals surface area contributed by atoms with Gasteiger partial charge in [-0.1, -0.05) is 12.2 Å². The zero-order chi connectivity index (χ0) is 8.97. The molecule has 0 spiro atoms. The maximum absolute atomic E-state index is 8.67. The average Bonchev–Trinajstić information content (AvgIpc) is 2.01. The van der Waals surface area contributed by atoms with Crippen LogP contribution in [0.25, 0.3) is 0 Å². The van der Waals surface area contributed by atoms with Crippen LogP contribution in [0.2, 0.25) is 0 Å². The predicted molar refractivity (Wildman–Crippen MR) is 48.3 cm³/mol. The predicted octanol–water partition coefficient (Wildman–Crippen LogP) is 1.49. The Morgan fingerprint density at radius 3 is 2.83 bits per heavy atom. The van der Waals surface area contributed by atoms with Crippen LogP contribution in [0.1, 0.15) is 19.8 Å². The van der Waals surface area contributed by atoms with E-state index in [0.717, 1.165) is 18.5 Å². The molecule has 1 rings (SSSR count). The number of rotatable bonds is 0. The van der Waals surface area contributed by atoms with Crippen molar-refractivity contribution in [3.05, 3.63) is 23.4 Å². The fourth-order valence-electron chi connectivity index (χ4n) is 1.02. The lowest BCUT2D eigenvalue weighted by atomic mass is 10.1. The highest BCUT2D eigenvalue weighted by Gasteiger charge is 2.02. The Bertz CT molecular complexity index is 302. The number of hydrogen-bond acceptors (Lipinski definition) is 3. The maximum atomic E-state index is 8.67. The molecule has 1 aliphatic heterocycles. The SMILES string of the molecule is CC1=C\CC\C=C(C#N)/C(N)=N/1. The molecule has 0 aromatic carbocycles. The van der Waals surface area contributed by atoms with Crippen molar-refractivity contribution in [2.24, 2.45) is 10.7 Å². The molecule has 0 aromatic heterocycles. The lowest BCUT2D eigenvalue weighted by Crippen LogP contribution is -2.14. The summed E-state index contributed by atoms with van der Waals surface area (Å²) in [5.74, 6) is 0.325. The van der Waals surface area contributed by atoms with Crippen LogP contribution < -0.4 is 5.73 Å². The molecule has 0 amide bonds. The lowest BCUT2D eigenvalue weighted by Gasteiger charge is -2.02. The van der Waals surface area contributed by atoms with Crippen LogP contribution in [0.3, 0.4) is 0 Å². The normalized spacial score (nSPS) is 30.8. The Morgan fingerprint density at radius 1 is 1.50 bits per heavy atom. The second-order valence-electron chi connectivity index (χ2n) is 2.65. The summed E-state index contributed by atoms with van der Waals surface area (Å²) >= 11 is 0. The van der Waals surface area contributed by atoms with Gasteiger partial charge in [0.2, 0.25) is 0 Å². The molecule has 12 heavy (non-hydrogen) atoms. The van der Waals surface area contributed by atoms with Gasteiger partial charge in [0.05, 0.1) is 5.57 Å². The Kier molecular flexibility index (Phi) is 2.65. The molecule has 0 saturated heterocycles. The van der Waals surface area contributed by atoms with Crippen molar-refractivity contribution in [3.8, 4) is 6.07 Å². The van der Waals surface area contributed by atoms with Crippen molar-refractivity contribution in [1.82, 2.24) is 0 Å². The first-order valence-corrected chi connectivity index (χ1v) is 3.85. The smallest absolute Gasteiger partial charge is 0.141 e. The van der Waals surface area contributed by atoms with Crippen LogP contribution in [0.15, 0.2) is 28.4 Å². The van der Waals surface area contributed by atoms with Crippen molar-refractivity contribution >= 4 is 5.84 Å². The molecular formula is C9H11N3. The van der Waals surface area contributed by atoms with Gasteiger partial charge in [0.25, 0.3) is 0 Å².